The lowest BCUT2D eigenvalue weighted by Crippen LogP contribution is -2.52. The van der Waals surface area contributed by atoms with Crippen LogP contribution in [-0.2, 0) is 30.7 Å². The Bertz CT molecular complexity index is 1220. The van der Waals surface area contributed by atoms with Gasteiger partial charge in [0, 0.05) is 52.2 Å². The summed E-state index contributed by atoms with van der Waals surface area (Å²) in [5.74, 6) is 0.681. The average molecular weight is 420 g/mol. The molecule has 1 atom stereocenters. The van der Waals surface area contributed by atoms with Gasteiger partial charge in [-0.2, -0.15) is 9.40 Å². The number of nitrogens with zero attached hydrogens (tertiary/aromatic N) is 5. The lowest BCUT2D eigenvalue weighted by molar-refractivity contribution is 0.115. The van der Waals surface area contributed by atoms with Gasteiger partial charge >= 0.3 is 0 Å². The van der Waals surface area contributed by atoms with Crippen LogP contribution < -0.4 is 5.56 Å². The highest BCUT2D eigenvalue weighted by atomic mass is 32.2. The van der Waals surface area contributed by atoms with Crippen molar-refractivity contribution in [2.24, 2.45) is 14.1 Å². The second kappa shape index (κ2) is 7.12. The van der Waals surface area contributed by atoms with Gasteiger partial charge in [0.05, 0.1) is 29.4 Å². The normalized spacial score (nSPS) is 19.2. The molecule has 0 saturated carbocycles. The highest BCUT2D eigenvalue weighted by Gasteiger charge is 2.29. The molecule has 1 aliphatic heterocycles. The number of hydrogen-bond acceptors (Lipinski definition) is 6. The van der Waals surface area contributed by atoms with Crippen LogP contribution in [0, 0.1) is 0 Å². The lowest BCUT2D eigenvalue weighted by atomic mass is 10.1. The summed E-state index contributed by atoms with van der Waals surface area (Å²) in [7, 11) is 0.367. The Morgan fingerprint density at radius 2 is 2.03 bits per heavy atom. The smallest absolute Gasteiger partial charge is 0.261 e. The average Bonchev–Trinajstić information content (AvgIpc) is 3.25. The topological polar surface area (TPSA) is 93.6 Å². The van der Waals surface area contributed by atoms with Crippen molar-refractivity contribution in [1.82, 2.24) is 23.6 Å². The fraction of sp³-hybridized carbons (Fsp3) is 0.474. The molecule has 1 fully saturated rings. The Labute approximate surface area is 169 Å². The van der Waals surface area contributed by atoms with Gasteiger partial charge in [0.1, 0.15) is 5.76 Å². The van der Waals surface area contributed by atoms with Crippen molar-refractivity contribution in [3.8, 4) is 11.3 Å². The second-order valence-corrected chi connectivity index (χ2v) is 9.71. The predicted molar refractivity (Wildman–Crippen MR) is 110 cm³/mol. The van der Waals surface area contributed by atoms with Crippen LogP contribution in [0.1, 0.15) is 12.7 Å². The summed E-state index contributed by atoms with van der Waals surface area (Å²) < 4.78 is 34.5. The number of hydrogen-bond donors (Lipinski definition) is 0. The monoisotopic (exact) mass is 419 g/mol. The summed E-state index contributed by atoms with van der Waals surface area (Å²) >= 11 is 0. The number of sulfonamides is 1. The molecule has 29 heavy (non-hydrogen) atoms. The molecule has 0 spiro atoms. The summed E-state index contributed by atoms with van der Waals surface area (Å²) in [6, 6.07) is 3.72. The van der Waals surface area contributed by atoms with Gasteiger partial charge in [0.15, 0.2) is 5.58 Å². The summed E-state index contributed by atoms with van der Waals surface area (Å²) in [5.41, 5.74) is 1.92. The van der Waals surface area contributed by atoms with E-state index in [0.29, 0.717) is 42.9 Å². The minimum absolute atomic E-state index is 0.0461. The SMILES string of the molecule is C[C@@H]1CN(S(C)(=O)=O)CCN1Cc1cc2c(=O)n(C)cc(-c3ccn(C)n3)c2o1. The number of furan rings is 1. The van der Waals surface area contributed by atoms with Crippen molar-refractivity contribution < 1.29 is 12.8 Å². The van der Waals surface area contributed by atoms with Crippen LogP contribution in [0.15, 0.2) is 33.7 Å². The first-order valence-corrected chi connectivity index (χ1v) is 11.3. The molecule has 9 nitrogen and oxygen atoms in total. The molecule has 3 aromatic heterocycles. The van der Waals surface area contributed by atoms with E-state index in [4.69, 9.17) is 4.42 Å². The lowest BCUT2D eigenvalue weighted by Gasteiger charge is -2.38. The summed E-state index contributed by atoms with van der Waals surface area (Å²) in [4.78, 5) is 14.8. The van der Waals surface area contributed by atoms with E-state index >= 15 is 0 Å². The van der Waals surface area contributed by atoms with Crippen molar-refractivity contribution >= 4 is 21.0 Å². The van der Waals surface area contributed by atoms with Crippen LogP contribution in [0.25, 0.3) is 22.2 Å². The zero-order chi connectivity index (χ0) is 20.9. The molecule has 0 aromatic carbocycles. The van der Waals surface area contributed by atoms with E-state index in [1.807, 2.05) is 26.2 Å². The molecule has 1 aliphatic rings. The maximum atomic E-state index is 12.6. The number of fused-ring (bicyclic) bond motifs is 1. The van der Waals surface area contributed by atoms with Crippen molar-refractivity contribution in [2.75, 3.05) is 25.9 Å². The maximum absolute atomic E-state index is 12.6. The molecule has 1 saturated heterocycles. The van der Waals surface area contributed by atoms with Gasteiger partial charge in [0.25, 0.3) is 5.56 Å². The number of piperazine rings is 1. The first kappa shape index (κ1) is 19.9. The van der Waals surface area contributed by atoms with E-state index in [-0.39, 0.29) is 11.6 Å². The third kappa shape index (κ3) is 3.75. The van der Waals surface area contributed by atoms with Crippen LogP contribution in [0.4, 0.5) is 0 Å². The van der Waals surface area contributed by atoms with E-state index in [0.717, 1.165) is 11.3 Å². The zero-order valence-electron chi connectivity index (χ0n) is 17.0. The highest BCUT2D eigenvalue weighted by Crippen LogP contribution is 2.29. The molecule has 0 unspecified atom stereocenters. The molecule has 4 heterocycles. The Kier molecular flexibility index (Phi) is 4.88. The molecule has 0 bridgehead atoms. The van der Waals surface area contributed by atoms with Crippen LogP contribution >= 0.6 is 0 Å². The van der Waals surface area contributed by atoms with Crippen LogP contribution in [0.3, 0.4) is 0 Å². The molecular formula is C19H25N5O4S. The number of aromatic nitrogens is 3. The molecule has 3 aromatic rings. The van der Waals surface area contributed by atoms with E-state index in [1.54, 1.807) is 28.6 Å². The van der Waals surface area contributed by atoms with Crippen molar-refractivity contribution in [3.05, 3.63) is 40.6 Å². The van der Waals surface area contributed by atoms with Crippen molar-refractivity contribution in [1.29, 1.82) is 0 Å². The fourth-order valence-electron chi connectivity index (χ4n) is 3.82. The molecular weight excluding hydrogens is 394 g/mol. The van der Waals surface area contributed by atoms with Gasteiger partial charge < -0.3 is 8.98 Å². The van der Waals surface area contributed by atoms with E-state index in [9.17, 15) is 13.2 Å². The Morgan fingerprint density at radius 1 is 1.28 bits per heavy atom. The summed E-state index contributed by atoms with van der Waals surface area (Å²) in [5, 5.41) is 4.96. The molecule has 0 amide bonds. The van der Waals surface area contributed by atoms with Crippen LogP contribution in [-0.4, -0.2) is 63.9 Å². The van der Waals surface area contributed by atoms with Gasteiger partial charge in [-0.3, -0.25) is 14.4 Å². The van der Waals surface area contributed by atoms with Gasteiger partial charge in [-0.1, -0.05) is 0 Å². The minimum atomic E-state index is -3.19. The molecule has 10 heteroatoms. The molecule has 0 N–H and O–H groups in total. The molecule has 0 aliphatic carbocycles. The second-order valence-electron chi connectivity index (χ2n) is 7.73. The van der Waals surface area contributed by atoms with Crippen LogP contribution in [0.2, 0.25) is 0 Å². The maximum Gasteiger partial charge on any atom is 0.261 e. The standard InChI is InChI=1S/C19H25N5O4S/c1-13-10-24(29(4,26)27)8-7-23(13)11-14-9-15-18(28-14)16(12-21(2)19(15)25)17-5-6-22(3)20-17/h5-6,9,12-13H,7-8,10-11H2,1-4H3/t13-/m1/s1. The Balaban J connectivity index is 1.66. The minimum Gasteiger partial charge on any atom is -0.459 e. The number of pyridine rings is 1. The number of rotatable bonds is 4. The zero-order valence-corrected chi connectivity index (χ0v) is 17.8. The first-order chi connectivity index (χ1) is 13.6. The molecule has 156 valence electrons. The van der Waals surface area contributed by atoms with E-state index in [2.05, 4.69) is 10.00 Å². The largest absolute Gasteiger partial charge is 0.459 e. The molecule has 0 radical (unpaired) electrons. The van der Waals surface area contributed by atoms with Gasteiger partial charge in [0.2, 0.25) is 10.0 Å². The van der Waals surface area contributed by atoms with Crippen molar-refractivity contribution in [3.63, 3.8) is 0 Å². The predicted octanol–water partition coefficient (Wildman–Crippen LogP) is 0.998. The van der Waals surface area contributed by atoms with E-state index in [1.165, 1.54) is 10.6 Å². The number of aryl methyl sites for hydroxylation is 2. The van der Waals surface area contributed by atoms with Crippen molar-refractivity contribution in [2.45, 2.75) is 19.5 Å². The van der Waals surface area contributed by atoms with Gasteiger partial charge in [-0.15, -0.1) is 0 Å². The quantitative estimate of drug-likeness (QED) is 0.626. The first-order valence-electron chi connectivity index (χ1n) is 9.44. The Hall–Kier alpha value is -2.43. The van der Waals surface area contributed by atoms with Gasteiger partial charge in [-0.25, -0.2) is 8.42 Å². The third-order valence-electron chi connectivity index (χ3n) is 5.45. The van der Waals surface area contributed by atoms with Gasteiger partial charge in [-0.05, 0) is 19.1 Å². The summed E-state index contributed by atoms with van der Waals surface area (Å²) in [6.07, 6.45) is 4.83. The summed E-state index contributed by atoms with van der Waals surface area (Å²) in [6.45, 7) is 4.01. The Morgan fingerprint density at radius 3 is 2.66 bits per heavy atom. The van der Waals surface area contributed by atoms with Crippen LogP contribution in [0.5, 0.6) is 0 Å². The molecule has 4 rings (SSSR count). The highest BCUT2D eigenvalue weighted by molar-refractivity contribution is 7.88. The fourth-order valence-corrected chi connectivity index (χ4v) is 4.72. The van der Waals surface area contributed by atoms with E-state index < -0.39 is 10.0 Å². The third-order valence-corrected chi connectivity index (χ3v) is 6.72.